The Kier molecular flexibility index (Phi) is 5.37. The fourth-order valence-corrected chi connectivity index (χ4v) is 3.69. The number of urea groups is 1. The second-order valence-electron chi connectivity index (χ2n) is 7.30. The summed E-state index contributed by atoms with van der Waals surface area (Å²) in [7, 11) is 1.61. The van der Waals surface area contributed by atoms with Crippen LogP contribution in [0.4, 0.5) is 9.18 Å². The van der Waals surface area contributed by atoms with Crippen molar-refractivity contribution >= 4 is 6.03 Å². The fourth-order valence-electron chi connectivity index (χ4n) is 3.69. The number of methoxy groups -OCH3 is 1. The molecule has 6 heteroatoms. The normalized spacial score (nSPS) is 21.7. The molecule has 2 N–H and O–H groups in total. The lowest BCUT2D eigenvalue weighted by Crippen LogP contribution is -2.63. The molecule has 5 nitrogen and oxygen atoms in total. The van der Waals surface area contributed by atoms with E-state index in [0.29, 0.717) is 13.0 Å². The van der Waals surface area contributed by atoms with Crippen LogP contribution in [0.2, 0.25) is 0 Å². The van der Waals surface area contributed by atoms with Gasteiger partial charge in [-0.05, 0) is 49.2 Å². The number of benzene rings is 2. The summed E-state index contributed by atoms with van der Waals surface area (Å²) in [5.74, 6) is 0.468. The van der Waals surface area contributed by atoms with Crippen LogP contribution in [0.25, 0.3) is 0 Å². The molecule has 3 rings (SSSR count). The third-order valence-electron chi connectivity index (χ3n) is 5.25. The molecule has 2 aromatic rings. The van der Waals surface area contributed by atoms with Crippen molar-refractivity contribution in [2.45, 2.75) is 38.0 Å². The van der Waals surface area contributed by atoms with Gasteiger partial charge in [0.05, 0.1) is 31.4 Å². The van der Waals surface area contributed by atoms with Crippen molar-refractivity contribution in [2.75, 3.05) is 13.7 Å². The minimum Gasteiger partial charge on any atom is -0.497 e. The van der Waals surface area contributed by atoms with Crippen molar-refractivity contribution in [3.63, 3.8) is 0 Å². The predicted octanol–water partition coefficient (Wildman–Crippen LogP) is 3.68. The first-order valence-electron chi connectivity index (χ1n) is 8.91. The Labute approximate surface area is 158 Å². The van der Waals surface area contributed by atoms with Crippen LogP contribution in [0.3, 0.4) is 0 Å². The molecule has 1 aliphatic heterocycles. The summed E-state index contributed by atoms with van der Waals surface area (Å²) in [6, 6.07) is 13.1. The summed E-state index contributed by atoms with van der Waals surface area (Å²) in [6.07, 6.45) is 0.303. The summed E-state index contributed by atoms with van der Waals surface area (Å²) in [5.41, 5.74) is 7.00. The van der Waals surface area contributed by atoms with Gasteiger partial charge in [-0.2, -0.15) is 0 Å². The molecular formula is C21H25FN2O3. The second kappa shape index (κ2) is 7.56. The number of rotatable bonds is 4. The molecule has 0 spiro atoms. The molecule has 0 bridgehead atoms. The zero-order valence-electron chi connectivity index (χ0n) is 15.8. The highest BCUT2D eigenvalue weighted by molar-refractivity contribution is 5.74. The van der Waals surface area contributed by atoms with Crippen LogP contribution in [0, 0.1) is 5.82 Å². The zero-order chi connectivity index (χ0) is 19.6. The maximum atomic E-state index is 13.2. The van der Waals surface area contributed by atoms with Crippen molar-refractivity contribution in [3.8, 4) is 5.75 Å². The number of carbonyl (C=O) groups is 1. The number of hydrogen-bond acceptors (Lipinski definition) is 3. The van der Waals surface area contributed by atoms with Gasteiger partial charge in [0.1, 0.15) is 11.6 Å². The third-order valence-corrected chi connectivity index (χ3v) is 5.25. The van der Waals surface area contributed by atoms with Gasteiger partial charge < -0.3 is 20.1 Å². The fraction of sp³-hybridized carbons (Fsp3) is 0.381. The highest BCUT2D eigenvalue weighted by Crippen LogP contribution is 2.38. The van der Waals surface area contributed by atoms with Crippen LogP contribution in [-0.4, -0.2) is 36.3 Å². The van der Waals surface area contributed by atoms with Crippen molar-refractivity contribution in [1.29, 1.82) is 0 Å². The van der Waals surface area contributed by atoms with Gasteiger partial charge in [-0.15, -0.1) is 0 Å². The molecule has 0 aromatic heterocycles. The van der Waals surface area contributed by atoms with Gasteiger partial charge in [-0.1, -0.05) is 24.3 Å². The number of primary amides is 1. The average Bonchev–Trinajstić information content (AvgIpc) is 2.64. The lowest BCUT2D eigenvalue weighted by molar-refractivity contribution is -0.121. The number of morpholine rings is 1. The van der Waals surface area contributed by atoms with E-state index in [-0.39, 0.29) is 18.0 Å². The quantitative estimate of drug-likeness (QED) is 0.890. The third kappa shape index (κ3) is 3.90. The van der Waals surface area contributed by atoms with E-state index in [2.05, 4.69) is 0 Å². The van der Waals surface area contributed by atoms with E-state index in [9.17, 15) is 9.18 Å². The van der Waals surface area contributed by atoms with E-state index in [4.69, 9.17) is 15.2 Å². The lowest BCUT2D eigenvalue weighted by Gasteiger charge is -2.51. The van der Waals surface area contributed by atoms with E-state index in [1.807, 2.05) is 38.1 Å². The molecule has 0 aliphatic carbocycles. The van der Waals surface area contributed by atoms with Gasteiger partial charge in [0, 0.05) is 6.42 Å². The zero-order valence-corrected chi connectivity index (χ0v) is 15.8. The molecule has 2 unspecified atom stereocenters. The molecule has 0 saturated carbocycles. The van der Waals surface area contributed by atoms with E-state index in [0.717, 1.165) is 16.9 Å². The summed E-state index contributed by atoms with van der Waals surface area (Å²) in [5, 5.41) is 0. The Morgan fingerprint density at radius 2 is 1.85 bits per heavy atom. The Balaban J connectivity index is 1.86. The topological polar surface area (TPSA) is 64.8 Å². The van der Waals surface area contributed by atoms with Crippen LogP contribution >= 0.6 is 0 Å². The number of nitrogens with two attached hydrogens (primary N) is 1. The number of hydrogen-bond donors (Lipinski definition) is 1. The highest BCUT2D eigenvalue weighted by atomic mass is 19.1. The predicted molar refractivity (Wildman–Crippen MR) is 101 cm³/mol. The first kappa shape index (κ1) is 19.2. The van der Waals surface area contributed by atoms with Gasteiger partial charge in [0.15, 0.2) is 0 Å². The molecule has 1 heterocycles. The molecule has 1 saturated heterocycles. The SMILES string of the molecule is COc1ccc(C2COC(Cc3ccc(F)cc3)C(C)(C)N2C(N)=O)cc1. The van der Waals surface area contributed by atoms with Gasteiger partial charge in [0.2, 0.25) is 0 Å². The molecule has 27 heavy (non-hydrogen) atoms. The Bertz CT molecular complexity index is 790. The summed E-state index contributed by atoms with van der Waals surface area (Å²) in [4.78, 5) is 14.0. The molecular weight excluding hydrogens is 347 g/mol. The number of nitrogens with zero attached hydrogens (tertiary/aromatic N) is 1. The van der Waals surface area contributed by atoms with E-state index in [1.165, 1.54) is 12.1 Å². The first-order chi connectivity index (χ1) is 12.8. The summed E-state index contributed by atoms with van der Waals surface area (Å²) in [6.45, 7) is 4.23. The monoisotopic (exact) mass is 372 g/mol. The van der Waals surface area contributed by atoms with E-state index >= 15 is 0 Å². The van der Waals surface area contributed by atoms with Crippen molar-refractivity contribution in [2.24, 2.45) is 5.73 Å². The Morgan fingerprint density at radius 3 is 2.41 bits per heavy atom. The second-order valence-corrected chi connectivity index (χ2v) is 7.30. The minimum atomic E-state index is -0.636. The van der Waals surface area contributed by atoms with Crippen LogP contribution < -0.4 is 10.5 Å². The molecule has 2 atom stereocenters. The maximum Gasteiger partial charge on any atom is 0.315 e. The Hall–Kier alpha value is -2.60. The first-order valence-corrected chi connectivity index (χ1v) is 8.91. The van der Waals surface area contributed by atoms with E-state index < -0.39 is 11.6 Å². The summed E-state index contributed by atoms with van der Waals surface area (Å²) >= 11 is 0. The largest absolute Gasteiger partial charge is 0.497 e. The Morgan fingerprint density at radius 1 is 1.22 bits per heavy atom. The lowest BCUT2D eigenvalue weighted by atomic mass is 9.85. The van der Waals surface area contributed by atoms with Crippen LogP contribution in [0.5, 0.6) is 5.75 Å². The van der Waals surface area contributed by atoms with E-state index in [1.54, 1.807) is 24.1 Å². The minimum absolute atomic E-state index is 0.259. The van der Waals surface area contributed by atoms with Crippen molar-refractivity contribution < 1.29 is 18.7 Å². The molecule has 1 aliphatic rings. The number of amides is 2. The average molecular weight is 372 g/mol. The molecule has 2 aromatic carbocycles. The highest BCUT2D eigenvalue weighted by Gasteiger charge is 2.46. The van der Waals surface area contributed by atoms with Gasteiger partial charge in [0.25, 0.3) is 0 Å². The summed E-state index contributed by atoms with van der Waals surface area (Å²) < 4.78 is 24.5. The maximum absolute atomic E-state index is 13.2. The smallest absolute Gasteiger partial charge is 0.315 e. The molecule has 1 fully saturated rings. The van der Waals surface area contributed by atoms with Gasteiger partial charge in [-0.25, -0.2) is 9.18 Å². The van der Waals surface area contributed by atoms with Crippen molar-refractivity contribution in [3.05, 3.63) is 65.5 Å². The number of halogens is 1. The molecule has 144 valence electrons. The van der Waals surface area contributed by atoms with Crippen LogP contribution in [0.1, 0.15) is 31.0 Å². The van der Waals surface area contributed by atoms with Crippen LogP contribution in [0.15, 0.2) is 48.5 Å². The van der Waals surface area contributed by atoms with Gasteiger partial charge in [-0.3, -0.25) is 0 Å². The molecule has 2 amide bonds. The van der Waals surface area contributed by atoms with Crippen LogP contribution in [-0.2, 0) is 11.2 Å². The van der Waals surface area contributed by atoms with Crippen molar-refractivity contribution in [1.82, 2.24) is 4.90 Å². The number of ether oxygens (including phenoxy) is 2. The van der Waals surface area contributed by atoms with Gasteiger partial charge >= 0.3 is 6.03 Å². The number of carbonyl (C=O) groups excluding carboxylic acids is 1. The molecule has 0 radical (unpaired) electrons. The standard InChI is InChI=1S/C21H25FN2O3/c1-21(2)19(12-14-4-8-16(22)9-5-14)27-13-18(24(21)20(23)25)15-6-10-17(26-3)11-7-15/h4-11,18-19H,12-13H2,1-3H3,(H2,23,25).